The van der Waals surface area contributed by atoms with Crippen LogP contribution in [0.1, 0.15) is 12.8 Å². The van der Waals surface area contributed by atoms with Crippen LogP contribution in [0.2, 0.25) is 0 Å². The maximum atomic E-state index is 11.0. The summed E-state index contributed by atoms with van der Waals surface area (Å²) in [5.74, 6) is 0. The van der Waals surface area contributed by atoms with E-state index in [1.165, 1.54) is 0 Å². The summed E-state index contributed by atoms with van der Waals surface area (Å²) in [4.78, 5) is 0. The fourth-order valence-corrected chi connectivity index (χ4v) is 1.93. The molecule has 0 saturated heterocycles. The van der Waals surface area contributed by atoms with Crippen molar-refractivity contribution in [2.45, 2.75) is 24.2 Å². The second-order valence-corrected chi connectivity index (χ2v) is 4.70. The molecule has 0 aromatic carbocycles. The SMILES string of the molecule is O=S(=O)(OC[C@@H](O)CO)C1CC1. The monoisotopic (exact) mass is 196 g/mol. The summed E-state index contributed by atoms with van der Waals surface area (Å²) in [6.07, 6.45) is 0.160. The number of hydrogen-bond donors (Lipinski definition) is 2. The van der Waals surface area contributed by atoms with E-state index in [4.69, 9.17) is 10.2 Å². The van der Waals surface area contributed by atoms with Crippen molar-refractivity contribution >= 4 is 10.1 Å². The van der Waals surface area contributed by atoms with Crippen molar-refractivity contribution in [1.82, 2.24) is 0 Å². The van der Waals surface area contributed by atoms with Crippen LogP contribution in [0.4, 0.5) is 0 Å². The number of hydrogen-bond acceptors (Lipinski definition) is 5. The van der Waals surface area contributed by atoms with Gasteiger partial charge in [-0.25, -0.2) is 0 Å². The van der Waals surface area contributed by atoms with E-state index in [9.17, 15) is 8.42 Å². The third-order valence-corrected chi connectivity index (χ3v) is 3.32. The van der Waals surface area contributed by atoms with Crippen LogP contribution in [0.5, 0.6) is 0 Å². The van der Waals surface area contributed by atoms with Gasteiger partial charge in [-0.2, -0.15) is 8.42 Å². The van der Waals surface area contributed by atoms with Crippen LogP contribution in [0.25, 0.3) is 0 Å². The summed E-state index contributed by atoms with van der Waals surface area (Å²) < 4.78 is 26.5. The lowest BCUT2D eigenvalue weighted by atomic mass is 10.4. The second-order valence-electron chi connectivity index (χ2n) is 2.81. The van der Waals surface area contributed by atoms with Crippen LogP contribution in [0.15, 0.2) is 0 Å². The van der Waals surface area contributed by atoms with Crippen LogP contribution >= 0.6 is 0 Å². The molecule has 1 aliphatic rings. The third-order valence-electron chi connectivity index (χ3n) is 1.57. The summed E-state index contributed by atoms with van der Waals surface area (Å²) >= 11 is 0. The molecule has 0 aliphatic heterocycles. The molecule has 0 spiro atoms. The Kier molecular flexibility index (Phi) is 3.05. The van der Waals surface area contributed by atoms with Gasteiger partial charge in [-0.15, -0.1) is 0 Å². The Bertz CT molecular complexity index is 230. The first-order valence-corrected chi connectivity index (χ1v) is 5.20. The molecule has 5 nitrogen and oxygen atoms in total. The largest absolute Gasteiger partial charge is 0.394 e. The van der Waals surface area contributed by atoms with Crippen LogP contribution in [0.3, 0.4) is 0 Å². The van der Waals surface area contributed by atoms with Crippen molar-refractivity contribution in [3.63, 3.8) is 0 Å². The van der Waals surface area contributed by atoms with Crippen molar-refractivity contribution < 1.29 is 22.8 Å². The van der Waals surface area contributed by atoms with E-state index in [0.29, 0.717) is 12.8 Å². The standard InChI is InChI=1S/C6H12O5S/c7-3-5(8)4-11-12(9,10)6-1-2-6/h5-8H,1-4H2/t5-/m0/s1. The molecule has 0 unspecified atom stereocenters. The molecule has 1 aliphatic carbocycles. The average Bonchev–Trinajstić information content (AvgIpc) is 2.82. The quantitative estimate of drug-likeness (QED) is 0.542. The molecule has 0 radical (unpaired) electrons. The predicted molar refractivity (Wildman–Crippen MR) is 41.0 cm³/mol. The molecule has 1 rings (SSSR count). The molecule has 0 bridgehead atoms. The molecule has 0 aromatic rings. The van der Waals surface area contributed by atoms with E-state index in [2.05, 4.69) is 4.18 Å². The fourth-order valence-electron chi connectivity index (χ4n) is 0.679. The average molecular weight is 196 g/mol. The first-order chi connectivity index (χ1) is 5.56. The van der Waals surface area contributed by atoms with Gasteiger partial charge < -0.3 is 10.2 Å². The van der Waals surface area contributed by atoms with Crippen molar-refractivity contribution in [2.75, 3.05) is 13.2 Å². The minimum Gasteiger partial charge on any atom is -0.394 e. The molecule has 1 atom stereocenters. The van der Waals surface area contributed by atoms with Crippen molar-refractivity contribution in [3.05, 3.63) is 0 Å². The lowest BCUT2D eigenvalue weighted by Crippen LogP contribution is -2.23. The van der Waals surface area contributed by atoms with Crippen molar-refractivity contribution in [1.29, 1.82) is 0 Å². The van der Waals surface area contributed by atoms with Crippen molar-refractivity contribution in [3.8, 4) is 0 Å². The Labute approximate surface area is 71.1 Å². The summed E-state index contributed by atoms with van der Waals surface area (Å²) in [7, 11) is -3.46. The van der Waals surface area contributed by atoms with Crippen molar-refractivity contribution in [2.24, 2.45) is 0 Å². The van der Waals surface area contributed by atoms with Crippen LogP contribution in [-0.2, 0) is 14.3 Å². The molecule has 12 heavy (non-hydrogen) atoms. The van der Waals surface area contributed by atoms with Gasteiger partial charge in [-0.1, -0.05) is 0 Å². The molecule has 0 aromatic heterocycles. The Morgan fingerprint density at radius 1 is 1.50 bits per heavy atom. The maximum Gasteiger partial charge on any atom is 0.270 e. The summed E-state index contributed by atoms with van der Waals surface area (Å²) in [5.41, 5.74) is 0. The molecular weight excluding hydrogens is 184 g/mol. The van der Waals surface area contributed by atoms with E-state index in [1.54, 1.807) is 0 Å². The van der Waals surface area contributed by atoms with Gasteiger partial charge in [0.1, 0.15) is 6.10 Å². The van der Waals surface area contributed by atoms with E-state index < -0.39 is 22.8 Å². The highest BCUT2D eigenvalue weighted by Gasteiger charge is 2.36. The van der Waals surface area contributed by atoms with Crippen LogP contribution < -0.4 is 0 Å². The minimum absolute atomic E-state index is 0.352. The summed E-state index contributed by atoms with van der Waals surface area (Å²) in [6, 6.07) is 0. The zero-order valence-electron chi connectivity index (χ0n) is 6.51. The zero-order valence-corrected chi connectivity index (χ0v) is 7.33. The fraction of sp³-hybridized carbons (Fsp3) is 1.00. The molecule has 1 saturated carbocycles. The third kappa shape index (κ3) is 2.71. The smallest absolute Gasteiger partial charge is 0.270 e. The highest BCUT2D eigenvalue weighted by atomic mass is 32.2. The van der Waals surface area contributed by atoms with Gasteiger partial charge in [0, 0.05) is 0 Å². The highest BCUT2D eigenvalue weighted by Crippen LogP contribution is 2.29. The molecule has 1 fully saturated rings. The van der Waals surface area contributed by atoms with Gasteiger partial charge in [0.15, 0.2) is 0 Å². The van der Waals surface area contributed by atoms with E-state index in [1.807, 2.05) is 0 Å². The van der Waals surface area contributed by atoms with Gasteiger partial charge >= 0.3 is 0 Å². The zero-order chi connectivity index (χ0) is 9.19. The number of rotatable bonds is 5. The summed E-state index contributed by atoms with van der Waals surface area (Å²) in [5, 5.41) is 16.8. The Morgan fingerprint density at radius 2 is 2.08 bits per heavy atom. The topological polar surface area (TPSA) is 83.8 Å². The number of aliphatic hydroxyl groups excluding tert-OH is 2. The molecule has 2 N–H and O–H groups in total. The molecule has 6 heteroatoms. The molecule has 72 valence electrons. The van der Waals surface area contributed by atoms with Gasteiger partial charge in [-0.05, 0) is 12.8 Å². The molecular formula is C6H12O5S. The first-order valence-electron chi connectivity index (χ1n) is 3.73. The molecule has 0 heterocycles. The van der Waals surface area contributed by atoms with Crippen LogP contribution in [-0.4, -0.2) is 43.2 Å². The Hall–Kier alpha value is -0.170. The highest BCUT2D eigenvalue weighted by molar-refractivity contribution is 7.87. The molecule has 0 amide bonds. The predicted octanol–water partition coefficient (Wildman–Crippen LogP) is -1.15. The second kappa shape index (κ2) is 3.69. The van der Waals surface area contributed by atoms with E-state index in [-0.39, 0.29) is 11.9 Å². The summed E-state index contributed by atoms with van der Waals surface area (Å²) in [6.45, 7) is -0.838. The first kappa shape index (κ1) is 9.91. The lowest BCUT2D eigenvalue weighted by molar-refractivity contribution is 0.0556. The van der Waals surface area contributed by atoms with E-state index >= 15 is 0 Å². The van der Waals surface area contributed by atoms with Gasteiger partial charge in [-0.3, -0.25) is 4.18 Å². The van der Waals surface area contributed by atoms with E-state index in [0.717, 1.165) is 0 Å². The lowest BCUT2D eigenvalue weighted by Gasteiger charge is -2.07. The maximum absolute atomic E-state index is 11.0. The number of aliphatic hydroxyl groups is 2. The Balaban J connectivity index is 2.30. The minimum atomic E-state index is -3.46. The normalized spacial score (nSPS) is 20.8. The Morgan fingerprint density at radius 3 is 2.50 bits per heavy atom. The van der Waals surface area contributed by atoms with Gasteiger partial charge in [0.25, 0.3) is 10.1 Å². The van der Waals surface area contributed by atoms with Crippen LogP contribution in [0, 0.1) is 0 Å². The van der Waals surface area contributed by atoms with Gasteiger partial charge in [0.05, 0.1) is 18.5 Å². The van der Waals surface area contributed by atoms with Gasteiger partial charge in [0.2, 0.25) is 0 Å².